The summed E-state index contributed by atoms with van der Waals surface area (Å²) in [6.07, 6.45) is 0.153. The standard InChI is InChI=1S/C24H23N3O5S/c1-16-8-10-18(11-9-16)25-23(28)20(14-17-6-4-3-5-7-17)26-33(30,31)19-12-13-21-22(15-19)32-24(29)27(21)2/h3-13,15,20,26H,14H2,1-2H3,(H,25,28)/t20-/m0/s1. The number of sulfonamides is 1. The topological polar surface area (TPSA) is 110 Å². The Kier molecular flexibility index (Phi) is 6.17. The molecule has 0 aliphatic heterocycles. The van der Waals surface area contributed by atoms with E-state index in [1.165, 1.54) is 29.8 Å². The van der Waals surface area contributed by atoms with Crippen molar-refractivity contribution in [3.63, 3.8) is 0 Å². The Morgan fingerprint density at radius 2 is 1.73 bits per heavy atom. The molecule has 1 heterocycles. The lowest BCUT2D eigenvalue weighted by atomic mass is 10.1. The van der Waals surface area contributed by atoms with E-state index >= 15 is 0 Å². The van der Waals surface area contributed by atoms with Gasteiger partial charge in [-0.3, -0.25) is 9.36 Å². The zero-order chi connectivity index (χ0) is 23.6. The van der Waals surface area contributed by atoms with Gasteiger partial charge < -0.3 is 9.73 Å². The summed E-state index contributed by atoms with van der Waals surface area (Å²) < 4.78 is 35.2. The van der Waals surface area contributed by atoms with Gasteiger partial charge in [-0.25, -0.2) is 13.2 Å². The van der Waals surface area contributed by atoms with E-state index in [-0.39, 0.29) is 16.9 Å². The Labute approximate surface area is 190 Å². The minimum Gasteiger partial charge on any atom is -0.408 e. The van der Waals surface area contributed by atoms with Crippen LogP contribution in [-0.2, 0) is 28.3 Å². The van der Waals surface area contributed by atoms with Crippen molar-refractivity contribution in [2.75, 3.05) is 5.32 Å². The van der Waals surface area contributed by atoms with Gasteiger partial charge in [0.25, 0.3) is 0 Å². The molecule has 2 N–H and O–H groups in total. The number of nitrogens with one attached hydrogen (secondary N) is 2. The fourth-order valence-electron chi connectivity index (χ4n) is 3.44. The van der Waals surface area contributed by atoms with Gasteiger partial charge in [0.05, 0.1) is 10.4 Å². The molecule has 170 valence electrons. The SMILES string of the molecule is Cc1ccc(NC(=O)[C@H](Cc2ccccc2)NS(=O)(=O)c2ccc3c(c2)oc(=O)n3C)cc1. The van der Waals surface area contributed by atoms with Crippen LogP contribution < -0.4 is 15.8 Å². The molecular weight excluding hydrogens is 442 g/mol. The van der Waals surface area contributed by atoms with E-state index in [9.17, 15) is 18.0 Å². The van der Waals surface area contributed by atoms with Crippen LogP contribution in [-0.4, -0.2) is 24.9 Å². The molecule has 0 aliphatic rings. The predicted octanol–water partition coefficient (Wildman–Crippen LogP) is 2.97. The number of anilines is 1. The number of carbonyl (C=O) groups is 1. The molecule has 0 saturated heterocycles. The maximum atomic E-state index is 13.2. The number of hydrogen-bond donors (Lipinski definition) is 2. The van der Waals surface area contributed by atoms with Crippen LogP contribution in [0.2, 0.25) is 0 Å². The monoisotopic (exact) mass is 465 g/mol. The highest BCUT2D eigenvalue weighted by atomic mass is 32.2. The van der Waals surface area contributed by atoms with Crippen LogP contribution in [0, 0.1) is 6.92 Å². The summed E-state index contributed by atoms with van der Waals surface area (Å²) in [5.74, 6) is -1.08. The van der Waals surface area contributed by atoms with Gasteiger partial charge in [-0.15, -0.1) is 0 Å². The lowest BCUT2D eigenvalue weighted by Crippen LogP contribution is -2.45. The molecule has 1 aromatic heterocycles. The maximum Gasteiger partial charge on any atom is 0.419 e. The van der Waals surface area contributed by atoms with Crippen LogP contribution in [0.5, 0.6) is 0 Å². The summed E-state index contributed by atoms with van der Waals surface area (Å²) in [6.45, 7) is 1.93. The third kappa shape index (κ3) is 5.05. The van der Waals surface area contributed by atoms with Gasteiger partial charge in [0.15, 0.2) is 5.58 Å². The second-order valence-corrected chi connectivity index (χ2v) is 9.49. The minimum atomic E-state index is -4.10. The van der Waals surface area contributed by atoms with Crippen molar-refractivity contribution in [1.82, 2.24) is 9.29 Å². The molecule has 0 bridgehead atoms. The number of aromatic nitrogens is 1. The van der Waals surface area contributed by atoms with Crippen molar-refractivity contribution in [3.05, 3.63) is 94.5 Å². The number of oxazole rings is 1. The van der Waals surface area contributed by atoms with Crippen molar-refractivity contribution < 1.29 is 17.6 Å². The number of nitrogens with zero attached hydrogens (tertiary/aromatic N) is 1. The van der Waals surface area contributed by atoms with E-state index in [4.69, 9.17) is 4.42 Å². The van der Waals surface area contributed by atoms with Crippen molar-refractivity contribution in [3.8, 4) is 0 Å². The van der Waals surface area contributed by atoms with Crippen molar-refractivity contribution in [2.45, 2.75) is 24.3 Å². The number of aryl methyl sites for hydroxylation is 2. The van der Waals surface area contributed by atoms with E-state index in [0.29, 0.717) is 11.2 Å². The second kappa shape index (κ2) is 9.05. The van der Waals surface area contributed by atoms with Crippen LogP contribution in [0.15, 0.2) is 86.9 Å². The van der Waals surface area contributed by atoms with Crippen molar-refractivity contribution in [2.24, 2.45) is 7.05 Å². The first kappa shape index (κ1) is 22.5. The smallest absolute Gasteiger partial charge is 0.408 e. The first-order valence-corrected chi connectivity index (χ1v) is 11.7. The molecule has 4 aromatic rings. The minimum absolute atomic E-state index is 0.106. The Bertz CT molecular complexity index is 1460. The first-order valence-electron chi connectivity index (χ1n) is 10.3. The van der Waals surface area contributed by atoms with E-state index in [1.54, 1.807) is 12.1 Å². The molecule has 9 heteroatoms. The normalized spacial score (nSPS) is 12.5. The summed E-state index contributed by atoms with van der Waals surface area (Å²) in [5.41, 5.74) is 3.02. The van der Waals surface area contributed by atoms with E-state index in [1.807, 2.05) is 49.4 Å². The summed E-state index contributed by atoms with van der Waals surface area (Å²) in [5, 5.41) is 2.77. The molecule has 33 heavy (non-hydrogen) atoms. The number of benzene rings is 3. The predicted molar refractivity (Wildman–Crippen MR) is 126 cm³/mol. The lowest BCUT2D eigenvalue weighted by Gasteiger charge is -2.19. The maximum absolute atomic E-state index is 13.2. The van der Waals surface area contributed by atoms with Gasteiger partial charge in [-0.2, -0.15) is 4.72 Å². The quantitative estimate of drug-likeness (QED) is 0.436. The molecule has 0 spiro atoms. The van der Waals surface area contributed by atoms with Crippen LogP contribution in [0.4, 0.5) is 5.69 Å². The second-order valence-electron chi connectivity index (χ2n) is 7.78. The molecule has 0 unspecified atom stereocenters. The molecule has 4 rings (SSSR count). The number of fused-ring (bicyclic) bond motifs is 1. The molecule has 0 aliphatic carbocycles. The van der Waals surface area contributed by atoms with E-state index < -0.39 is 27.7 Å². The molecule has 8 nitrogen and oxygen atoms in total. The van der Waals surface area contributed by atoms with Crippen LogP contribution in [0.25, 0.3) is 11.1 Å². The zero-order valence-corrected chi connectivity index (χ0v) is 18.9. The van der Waals surface area contributed by atoms with Crippen LogP contribution >= 0.6 is 0 Å². The molecule has 3 aromatic carbocycles. The summed E-state index contributed by atoms with van der Waals surface area (Å²) in [4.78, 5) is 24.7. The largest absolute Gasteiger partial charge is 0.419 e. The van der Waals surface area contributed by atoms with Crippen molar-refractivity contribution >= 4 is 32.7 Å². The highest BCUT2D eigenvalue weighted by Gasteiger charge is 2.27. The highest BCUT2D eigenvalue weighted by molar-refractivity contribution is 7.89. The van der Waals surface area contributed by atoms with Gasteiger partial charge in [0.1, 0.15) is 6.04 Å². The highest BCUT2D eigenvalue weighted by Crippen LogP contribution is 2.19. The molecule has 1 atom stereocenters. The molecule has 1 amide bonds. The number of hydrogen-bond acceptors (Lipinski definition) is 5. The Hall–Kier alpha value is -3.69. The lowest BCUT2D eigenvalue weighted by molar-refractivity contribution is -0.117. The summed E-state index contributed by atoms with van der Waals surface area (Å²) in [7, 11) is -2.57. The van der Waals surface area contributed by atoms with Crippen LogP contribution in [0.3, 0.4) is 0 Å². The number of rotatable bonds is 7. The fraction of sp³-hybridized carbons (Fsp3) is 0.167. The van der Waals surface area contributed by atoms with Crippen molar-refractivity contribution in [1.29, 1.82) is 0 Å². The third-order valence-corrected chi connectivity index (χ3v) is 6.76. The van der Waals surface area contributed by atoms with Gasteiger partial charge in [-0.05, 0) is 43.2 Å². The van der Waals surface area contributed by atoms with E-state index in [2.05, 4.69) is 10.0 Å². The molecular formula is C24H23N3O5S. The van der Waals surface area contributed by atoms with Crippen LogP contribution in [0.1, 0.15) is 11.1 Å². The average molecular weight is 466 g/mol. The zero-order valence-electron chi connectivity index (χ0n) is 18.1. The Morgan fingerprint density at radius 3 is 2.42 bits per heavy atom. The van der Waals surface area contributed by atoms with Gasteiger partial charge >= 0.3 is 5.76 Å². The third-order valence-electron chi connectivity index (χ3n) is 5.29. The number of carbonyl (C=O) groups excluding carboxylic acids is 1. The van der Waals surface area contributed by atoms with E-state index in [0.717, 1.165) is 11.1 Å². The first-order chi connectivity index (χ1) is 15.7. The Morgan fingerprint density at radius 1 is 1.03 bits per heavy atom. The average Bonchev–Trinajstić information content (AvgIpc) is 3.08. The Balaban J connectivity index is 1.63. The summed E-state index contributed by atoms with van der Waals surface area (Å²) in [6, 6.07) is 19.4. The van der Waals surface area contributed by atoms with Gasteiger partial charge in [0, 0.05) is 18.8 Å². The fourth-order valence-corrected chi connectivity index (χ4v) is 4.65. The summed E-state index contributed by atoms with van der Waals surface area (Å²) >= 11 is 0. The molecule has 0 radical (unpaired) electrons. The molecule has 0 saturated carbocycles. The molecule has 0 fully saturated rings. The van der Waals surface area contributed by atoms with Gasteiger partial charge in [0.2, 0.25) is 15.9 Å². The number of amides is 1. The van der Waals surface area contributed by atoms with Gasteiger partial charge in [-0.1, -0.05) is 48.0 Å².